The monoisotopic (exact) mass is 280 g/mol. The van der Waals surface area contributed by atoms with E-state index in [1.54, 1.807) is 4.98 Å². The Morgan fingerprint density at radius 2 is 2.00 bits per heavy atom. The quantitative estimate of drug-likeness (QED) is 0.478. The highest BCUT2D eigenvalue weighted by Crippen LogP contribution is 2.30. The minimum atomic E-state index is -2.60. The van der Waals surface area contributed by atoms with E-state index >= 15 is 0 Å². The lowest BCUT2D eigenvalue weighted by atomic mass is 10.1. The lowest BCUT2D eigenvalue weighted by Gasteiger charge is -2.16. The van der Waals surface area contributed by atoms with Crippen LogP contribution >= 0.6 is 0 Å². The van der Waals surface area contributed by atoms with Crippen molar-refractivity contribution in [1.29, 1.82) is 0 Å². The summed E-state index contributed by atoms with van der Waals surface area (Å²) in [5, 5.41) is 27.7. The first-order valence-corrected chi connectivity index (χ1v) is 5.17. The van der Waals surface area contributed by atoms with E-state index in [4.69, 9.17) is 9.84 Å². The molecular weight excluding hydrogens is 270 g/mol. The number of nitrogens with one attached hydrogen (secondary N) is 1. The van der Waals surface area contributed by atoms with E-state index in [1.807, 2.05) is 0 Å². The highest BCUT2D eigenvalue weighted by Gasteiger charge is 2.47. The van der Waals surface area contributed by atoms with Crippen LogP contribution in [0.1, 0.15) is 6.23 Å². The molecule has 0 spiro atoms. The molecule has 1 unspecified atom stereocenters. The fourth-order valence-corrected chi connectivity index (χ4v) is 1.79. The van der Waals surface area contributed by atoms with Crippen molar-refractivity contribution < 1.29 is 28.8 Å². The maximum absolute atomic E-state index is 13.1. The largest absolute Gasteiger partial charge is 0.387 e. The summed E-state index contributed by atoms with van der Waals surface area (Å²) in [6, 6.07) is 0. The second-order valence-corrected chi connectivity index (χ2v) is 3.99. The third-order valence-corrected chi connectivity index (χ3v) is 2.74. The number of halogens is 2. The van der Waals surface area contributed by atoms with Gasteiger partial charge in [0.1, 0.15) is 18.3 Å². The van der Waals surface area contributed by atoms with Crippen molar-refractivity contribution in [3.05, 3.63) is 32.9 Å². The topological polar surface area (TPSA) is 125 Å². The van der Waals surface area contributed by atoms with Gasteiger partial charge in [0.2, 0.25) is 12.2 Å². The number of hydrogen-bond donors (Lipinski definition) is 4. The van der Waals surface area contributed by atoms with Gasteiger partial charge in [-0.05, 0) is 0 Å². The molecule has 0 radical (unpaired) electrons. The molecule has 1 fully saturated rings. The summed E-state index contributed by atoms with van der Waals surface area (Å²) in [7, 11) is 0. The van der Waals surface area contributed by atoms with E-state index in [0.717, 1.165) is 0 Å². The molecule has 2 heterocycles. The van der Waals surface area contributed by atoms with Gasteiger partial charge >= 0.3 is 5.69 Å². The molecule has 1 aromatic heterocycles. The molecule has 5 atom stereocenters. The maximum atomic E-state index is 13.1. The molecule has 2 rings (SSSR count). The van der Waals surface area contributed by atoms with Crippen LogP contribution in [0.4, 0.5) is 8.78 Å². The highest BCUT2D eigenvalue weighted by atomic mass is 19.1. The van der Waals surface area contributed by atoms with Crippen LogP contribution in [0.15, 0.2) is 15.8 Å². The number of rotatable bonds is 2. The molecule has 8 nitrogen and oxygen atoms in total. The molecular formula is C9H10F2N2O6. The molecule has 0 saturated carbocycles. The van der Waals surface area contributed by atoms with Crippen LogP contribution in [0.5, 0.6) is 0 Å². The first kappa shape index (κ1) is 13.8. The van der Waals surface area contributed by atoms with E-state index in [-0.39, 0.29) is 0 Å². The highest BCUT2D eigenvalue weighted by molar-refractivity contribution is 4.95. The molecule has 1 aliphatic rings. The van der Waals surface area contributed by atoms with Crippen LogP contribution in [0, 0.1) is 5.82 Å². The number of aromatic amines is 1. The maximum Gasteiger partial charge on any atom is 0.330 e. The second-order valence-electron chi connectivity index (χ2n) is 3.99. The summed E-state index contributed by atoms with van der Waals surface area (Å²) < 4.78 is 31.0. The van der Waals surface area contributed by atoms with Gasteiger partial charge in [0.05, 0.1) is 6.20 Å². The Morgan fingerprint density at radius 1 is 1.37 bits per heavy atom. The normalized spacial score (nSPS) is 32.5. The van der Waals surface area contributed by atoms with Crippen molar-refractivity contribution >= 4 is 0 Å². The number of H-pyrrole nitrogens is 1. The molecule has 19 heavy (non-hydrogen) atoms. The summed E-state index contributed by atoms with van der Waals surface area (Å²) in [6.45, 7) is 0. The van der Waals surface area contributed by atoms with Crippen LogP contribution in [0.2, 0.25) is 0 Å². The van der Waals surface area contributed by atoms with Crippen molar-refractivity contribution in [2.75, 3.05) is 0 Å². The lowest BCUT2D eigenvalue weighted by Crippen LogP contribution is -2.39. The zero-order chi connectivity index (χ0) is 14.3. The number of alkyl halides is 1. The van der Waals surface area contributed by atoms with E-state index in [2.05, 4.69) is 0 Å². The van der Waals surface area contributed by atoms with Crippen LogP contribution in [0.3, 0.4) is 0 Å². The van der Waals surface area contributed by atoms with Crippen molar-refractivity contribution in [2.24, 2.45) is 0 Å². The Bertz CT molecular complexity index is 585. The Kier molecular flexibility index (Phi) is 3.49. The smallest absolute Gasteiger partial charge is 0.330 e. The predicted octanol–water partition coefficient (Wildman–Crippen LogP) is -2.42. The molecule has 1 aliphatic heterocycles. The minimum Gasteiger partial charge on any atom is -0.387 e. The van der Waals surface area contributed by atoms with Crippen molar-refractivity contribution in [3.8, 4) is 0 Å². The summed E-state index contributed by atoms with van der Waals surface area (Å²) in [5.41, 5.74) is -2.38. The van der Waals surface area contributed by atoms with Gasteiger partial charge in [-0.3, -0.25) is 14.3 Å². The first-order chi connectivity index (χ1) is 8.82. The number of ether oxygens (including phenoxy) is 1. The fraction of sp³-hybridized carbons (Fsp3) is 0.556. The summed E-state index contributed by atoms with van der Waals surface area (Å²) in [6.07, 6.45) is -9.16. The minimum absolute atomic E-state index is 0.451. The Morgan fingerprint density at radius 3 is 2.53 bits per heavy atom. The van der Waals surface area contributed by atoms with Gasteiger partial charge in [0, 0.05) is 0 Å². The average Bonchev–Trinajstić information content (AvgIpc) is 2.62. The Hall–Kier alpha value is -1.62. The molecule has 0 bridgehead atoms. The SMILES string of the molecule is O=c1[nH]c(=O)n([C@@H]2O[C@H](C(O)F)[C@@H](O)[C@H]2O)cc1F. The zero-order valence-electron chi connectivity index (χ0n) is 9.23. The average molecular weight is 280 g/mol. The Balaban J connectivity index is 2.41. The number of aliphatic hydroxyl groups excluding tert-OH is 3. The van der Waals surface area contributed by atoms with Crippen LogP contribution in [-0.4, -0.2) is 49.5 Å². The van der Waals surface area contributed by atoms with Gasteiger partial charge in [-0.2, -0.15) is 4.39 Å². The standard InChI is InChI=1S/C9H10F2N2O6/c10-2-1-13(9(18)12-7(2)17)8-4(15)3(14)5(19-8)6(11)16/h1,3-6,8,14-16H,(H,12,17,18)/t3-,4+,5-,6?,8+/m0/s1. The van der Waals surface area contributed by atoms with Gasteiger partial charge < -0.3 is 20.1 Å². The van der Waals surface area contributed by atoms with Crippen molar-refractivity contribution in [1.82, 2.24) is 9.55 Å². The number of nitrogens with zero attached hydrogens (tertiary/aromatic N) is 1. The molecule has 106 valence electrons. The number of hydrogen-bond acceptors (Lipinski definition) is 6. The van der Waals surface area contributed by atoms with Gasteiger partial charge in [0.25, 0.3) is 5.56 Å². The molecule has 10 heteroatoms. The summed E-state index contributed by atoms with van der Waals surface area (Å²) in [4.78, 5) is 23.9. The van der Waals surface area contributed by atoms with E-state index in [1.165, 1.54) is 0 Å². The van der Waals surface area contributed by atoms with Crippen LogP contribution < -0.4 is 11.2 Å². The fourth-order valence-electron chi connectivity index (χ4n) is 1.79. The van der Waals surface area contributed by atoms with Crippen LogP contribution in [-0.2, 0) is 4.74 Å². The molecule has 1 saturated heterocycles. The molecule has 1 aromatic rings. The lowest BCUT2D eigenvalue weighted by molar-refractivity contribution is -0.131. The summed E-state index contributed by atoms with van der Waals surface area (Å²) >= 11 is 0. The predicted molar refractivity (Wildman–Crippen MR) is 54.3 cm³/mol. The number of aromatic nitrogens is 2. The van der Waals surface area contributed by atoms with Gasteiger partial charge in [-0.1, -0.05) is 0 Å². The van der Waals surface area contributed by atoms with E-state index in [0.29, 0.717) is 10.8 Å². The van der Waals surface area contributed by atoms with Crippen LogP contribution in [0.25, 0.3) is 0 Å². The second kappa shape index (κ2) is 4.81. The van der Waals surface area contributed by atoms with Crippen molar-refractivity contribution in [3.63, 3.8) is 0 Å². The summed E-state index contributed by atoms with van der Waals surface area (Å²) in [5.74, 6) is -1.32. The van der Waals surface area contributed by atoms with Gasteiger partial charge in [0.15, 0.2) is 6.23 Å². The van der Waals surface area contributed by atoms with E-state index < -0.39 is 48.0 Å². The molecule has 0 amide bonds. The third kappa shape index (κ3) is 2.30. The van der Waals surface area contributed by atoms with E-state index in [9.17, 15) is 28.6 Å². The van der Waals surface area contributed by atoms with Gasteiger partial charge in [-0.15, -0.1) is 0 Å². The zero-order valence-corrected chi connectivity index (χ0v) is 9.23. The van der Waals surface area contributed by atoms with Crippen molar-refractivity contribution in [2.45, 2.75) is 30.9 Å². The molecule has 0 aliphatic carbocycles. The Labute approximate surface area is 103 Å². The van der Waals surface area contributed by atoms with Gasteiger partial charge in [-0.25, -0.2) is 9.18 Å². The molecule has 4 N–H and O–H groups in total. The third-order valence-electron chi connectivity index (χ3n) is 2.74. The molecule has 0 aromatic carbocycles. The first-order valence-electron chi connectivity index (χ1n) is 5.17. The number of aliphatic hydroxyl groups is 3.